The summed E-state index contributed by atoms with van der Waals surface area (Å²) in [5, 5.41) is 3.48. The van der Waals surface area contributed by atoms with Crippen LogP contribution in [0.15, 0.2) is 25.3 Å². The monoisotopic (exact) mass is 238 g/mol. The third-order valence-corrected chi connectivity index (χ3v) is 2.88. The molecule has 1 N–H and O–H groups in total. The third-order valence-electron chi connectivity index (χ3n) is 2.88. The second-order valence-corrected chi connectivity index (χ2v) is 5.12. The van der Waals surface area contributed by atoms with Gasteiger partial charge in [-0.05, 0) is 38.8 Å². The van der Waals surface area contributed by atoms with E-state index in [1.165, 1.54) is 12.8 Å². The van der Waals surface area contributed by atoms with E-state index in [9.17, 15) is 0 Å². The predicted octanol–water partition coefficient (Wildman–Crippen LogP) is 3.07. The fourth-order valence-corrected chi connectivity index (χ4v) is 1.86. The van der Waals surface area contributed by atoms with Crippen LogP contribution in [0.1, 0.15) is 33.6 Å². The molecule has 0 heterocycles. The van der Waals surface area contributed by atoms with Crippen molar-refractivity contribution in [1.82, 2.24) is 10.2 Å². The highest BCUT2D eigenvalue weighted by Crippen LogP contribution is 2.06. The fraction of sp³-hybridized carbons (Fsp3) is 0.733. The molecule has 1 atom stereocenters. The first-order valence-electron chi connectivity index (χ1n) is 6.78. The summed E-state index contributed by atoms with van der Waals surface area (Å²) in [4.78, 5) is 2.41. The van der Waals surface area contributed by atoms with E-state index in [2.05, 4.69) is 44.1 Å². The van der Waals surface area contributed by atoms with Crippen LogP contribution < -0.4 is 5.32 Å². The number of rotatable bonds is 11. The maximum absolute atomic E-state index is 3.81. The van der Waals surface area contributed by atoms with E-state index in [0.29, 0.717) is 6.04 Å². The quantitative estimate of drug-likeness (QED) is 0.439. The largest absolute Gasteiger partial charge is 0.316 e. The van der Waals surface area contributed by atoms with Crippen molar-refractivity contribution >= 4 is 0 Å². The van der Waals surface area contributed by atoms with Crippen molar-refractivity contribution in [1.29, 1.82) is 0 Å². The van der Waals surface area contributed by atoms with E-state index < -0.39 is 0 Å². The van der Waals surface area contributed by atoms with Crippen LogP contribution in [0.3, 0.4) is 0 Å². The summed E-state index contributed by atoms with van der Waals surface area (Å²) in [5.41, 5.74) is 0. The Bertz CT molecular complexity index is 189. The maximum atomic E-state index is 3.81. The van der Waals surface area contributed by atoms with Crippen molar-refractivity contribution in [2.75, 3.05) is 26.2 Å². The summed E-state index contributed by atoms with van der Waals surface area (Å²) in [6.45, 7) is 18.5. The Balaban J connectivity index is 3.69. The lowest BCUT2D eigenvalue weighted by atomic mass is 10.1. The number of hydrogen-bond donors (Lipinski definition) is 1. The van der Waals surface area contributed by atoms with Crippen molar-refractivity contribution < 1.29 is 0 Å². The zero-order valence-corrected chi connectivity index (χ0v) is 11.9. The number of hydrogen-bond acceptors (Lipinski definition) is 2. The van der Waals surface area contributed by atoms with Crippen molar-refractivity contribution in [3.63, 3.8) is 0 Å². The van der Waals surface area contributed by atoms with Gasteiger partial charge in [-0.2, -0.15) is 0 Å². The van der Waals surface area contributed by atoms with Crippen LogP contribution in [-0.4, -0.2) is 37.1 Å². The molecule has 1 unspecified atom stereocenters. The van der Waals surface area contributed by atoms with Gasteiger partial charge in [0.05, 0.1) is 0 Å². The van der Waals surface area contributed by atoms with Crippen LogP contribution in [0.25, 0.3) is 0 Å². The third kappa shape index (κ3) is 9.13. The molecule has 100 valence electrons. The smallest absolute Gasteiger partial charge is 0.0166 e. The molecule has 0 rings (SSSR count). The maximum Gasteiger partial charge on any atom is 0.0166 e. The average molecular weight is 238 g/mol. The predicted molar refractivity (Wildman–Crippen MR) is 78.4 cm³/mol. The molecule has 0 saturated carbocycles. The Hall–Kier alpha value is -0.600. The molecular weight excluding hydrogens is 208 g/mol. The molecule has 0 amide bonds. The minimum absolute atomic E-state index is 0.604. The van der Waals surface area contributed by atoms with Crippen LogP contribution in [0.4, 0.5) is 0 Å². The molecule has 0 aliphatic rings. The first-order valence-corrected chi connectivity index (χ1v) is 6.78. The first-order chi connectivity index (χ1) is 8.11. The summed E-state index contributed by atoms with van der Waals surface area (Å²) in [6.07, 6.45) is 6.40. The summed E-state index contributed by atoms with van der Waals surface area (Å²) in [6, 6.07) is 0.604. The molecule has 0 aromatic carbocycles. The van der Waals surface area contributed by atoms with Crippen LogP contribution in [0, 0.1) is 5.92 Å². The van der Waals surface area contributed by atoms with Crippen molar-refractivity contribution in [2.24, 2.45) is 5.92 Å². The molecule has 0 saturated heterocycles. The van der Waals surface area contributed by atoms with Gasteiger partial charge < -0.3 is 5.32 Å². The summed E-state index contributed by atoms with van der Waals surface area (Å²) >= 11 is 0. The van der Waals surface area contributed by atoms with Crippen LogP contribution in [0.2, 0.25) is 0 Å². The molecule has 2 heteroatoms. The fourth-order valence-electron chi connectivity index (χ4n) is 1.86. The van der Waals surface area contributed by atoms with Crippen LogP contribution >= 0.6 is 0 Å². The van der Waals surface area contributed by atoms with Gasteiger partial charge in [0, 0.05) is 19.1 Å². The van der Waals surface area contributed by atoms with E-state index in [0.717, 1.165) is 32.1 Å². The number of nitrogens with one attached hydrogen (secondary N) is 1. The first kappa shape index (κ1) is 16.4. The Labute approximate surface area is 108 Å². The molecule has 2 nitrogen and oxygen atoms in total. The average Bonchev–Trinajstić information content (AvgIpc) is 2.27. The van der Waals surface area contributed by atoms with Gasteiger partial charge >= 0.3 is 0 Å². The molecule has 0 aromatic rings. The zero-order valence-electron chi connectivity index (χ0n) is 11.9. The van der Waals surface area contributed by atoms with E-state index in [1.807, 2.05) is 12.2 Å². The second-order valence-electron chi connectivity index (χ2n) is 5.12. The molecule has 0 aliphatic heterocycles. The zero-order chi connectivity index (χ0) is 13.1. The van der Waals surface area contributed by atoms with Crippen LogP contribution in [-0.2, 0) is 0 Å². The van der Waals surface area contributed by atoms with E-state index >= 15 is 0 Å². The lowest BCUT2D eigenvalue weighted by Crippen LogP contribution is -2.34. The molecule has 0 aromatic heterocycles. The van der Waals surface area contributed by atoms with Gasteiger partial charge in [0.2, 0.25) is 0 Å². The van der Waals surface area contributed by atoms with Gasteiger partial charge in [0.25, 0.3) is 0 Å². The Kier molecular flexibility index (Phi) is 10.2. The molecule has 0 radical (unpaired) electrons. The van der Waals surface area contributed by atoms with Gasteiger partial charge in [-0.3, -0.25) is 4.90 Å². The summed E-state index contributed by atoms with van der Waals surface area (Å²) in [5.74, 6) is 0.741. The van der Waals surface area contributed by atoms with Gasteiger partial charge in [0.1, 0.15) is 0 Å². The summed E-state index contributed by atoms with van der Waals surface area (Å²) < 4.78 is 0. The minimum atomic E-state index is 0.604. The molecular formula is C15H30N2. The molecule has 0 bridgehead atoms. The lowest BCUT2D eigenvalue weighted by Gasteiger charge is -2.26. The minimum Gasteiger partial charge on any atom is -0.316 e. The topological polar surface area (TPSA) is 15.3 Å². The van der Waals surface area contributed by atoms with Gasteiger partial charge in [0.15, 0.2) is 0 Å². The van der Waals surface area contributed by atoms with E-state index in [1.54, 1.807) is 0 Å². The Morgan fingerprint density at radius 1 is 1.12 bits per heavy atom. The Morgan fingerprint density at radius 2 is 1.71 bits per heavy atom. The lowest BCUT2D eigenvalue weighted by molar-refractivity contribution is 0.240. The number of nitrogens with zero attached hydrogens (tertiary/aromatic N) is 1. The van der Waals surface area contributed by atoms with E-state index in [4.69, 9.17) is 0 Å². The standard InChI is InChI=1S/C15H30N2/c1-6-11-17(12-7-2)15(5)9-8-10-16-13-14(3)4/h6-7,14-16H,1-2,8-13H2,3-5H3. The van der Waals surface area contributed by atoms with Crippen molar-refractivity contribution in [2.45, 2.75) is 39.7 Å². The highest BCUT2D eigenvalue weighted by atomic mass is 15.1. The molecule has 0 aliphatic carbocycles. The summed E-state index contributed by atoms with van der Waals surface area (Å²) in [7, 11) is 0. The van der Waals surface area contributed by atoms with Gasteiger partial charge in [-0.1, -0.05) is 26.0 Å². The second kappa shape index (κ2) is 10.5. The Morgan fingerprint density at radius 3 is 2.18 bits per heavy atom. The van der Waals surface area contributed by atoms with Gasteiger partial charge in [-0.25, -0.2) is 0 Å². The normalized spacial score (nSPS) is 13.0. The molecule has 17 heavy (non-hydrogen) atoms. The molecule has 0 spiro atoms. The SMILES string of the molecule is C=CCN(CC=C)C(C)CCCNCC(C)C. The van der Waals surface area contributed by atoms with Crippen molar-refractivity contribution in [3.05, 3.63) is 25.3 Å². The highest BCUT2D eigenvalue weighted by molar-refractivity contribution is 4.83. The molecule has 0 fully saturated rings. The highest BCUT2D eigenvalue weighted by Gasteiger charge is 2.10. The van der Waals surface area contributed by atoms with Crippen molar-refractivity contribution in [3.8, 4) is 0 Å². The van der Waals surface area contributed by atoms with Gasteiger partial charge in [-0.15, -0.1) is 13.2 Å². The van der Waals surface area contributed by atoms with Crippen LogP contribution in [0.5, 0.6) is 0 Å². The van der Waals surface area contributed by atoms with E-state index in [-0.39, 0.29) is 0 Å².